The number of aryl methyl sites for hydroxylation is 1. The summed E-state index contributed by atoms with van der Waals surface area (Å²) in [6.45, 7) is 0.142. The molecule has 1 aromatic heterocycles. The quantitative estimate of drug-likeness (QED) is 0.257. The number of benzene rings is 3. The maximum atomic E-state index is 13.0. The fourth-order valence-corrected chi connectivity index (χ4v) is 3.81. The summed E-state index contributed by atoms with van der Waals surface area (Å²) in [7, 11) is 1.95. The molecule has 0 atom stereocenters. The van der Waals surface area contributed by atoms with Crippen LogP contribution < -0.4 is 20.2 Å². The smallest absolute Gasteiger partial charge is 0.287 e. The lowest BCUT2D eigenvalue weighted by molar-refractivity contribution is -0.117. The molecule has 2 N–H and O–H groups in total. The predicted molar refractivity (Wildman–Crippen MR) is 133 cm³/mol. The van der Waals surface area contributed by atoms with Crippen molar-refractivity contribution in [2.45, 2.75) is 0 Å². The van der Waals surface area contributed by atoms with Gasteiger partial charge in [0, 0.05) is 35.3 Å². The Hall–Kier alpha value is -4.85. The Bertz CT molecular complexity index is 1470. The number of nitrogens with one attached hydrogen (secondary N) is 2. The van der Waals surface area contributed by atoms with E-state index in [1.807, 2.05) is 48.1 Å². The normalized spacial score (nSPS) is 12.8. The summed E-state index contributed by atoms with van der Waals surface area (Å²) in [6, 6.07) is 21.8. The van der Waals surface area contributed by atoms with Gasteiger partial charge in [0.05, 0.1) is 6.21 Å². The first-order valence-corrected chi connectivity index (χ1v) is 10.9. The molecule has 174 valence electrons. The highest BCUT2D eigenvalue weighted by Crippen LogP contribution is 2.33. The summed E-state index contributed by atoms with van der Waals surface area (Å²) in [5.74, 6) is 0.220. The van der Waals surface area contributed by atoms with Crippen LogP contribution in [0.25, 0.3) is 17.0 Å². The largest absolute Gasteiger partial charge is 0.454 e. The molecule has 1 aliphatic heterocycles. The van der Waals surface area contributed by atoms with E-state index >= 15 is 0 Å². The molecular weight excluding hydrogens is 444 g/mol. The summed E-state index contributed by atoms with van der Waals surface area (Å²) in [6.07, 6.45) is 5.07. The molecule has 8 heteroatoms. The molecule has 0 fully saturated rings. The first kappa shape index (κ1) is 22.0. The first-order chi connectivity index (χ1) is 17.1. The molecule has 0 aliphatic carbocycles. The third-order valence-corrected chi connectivity index (χ3v) is 5.53. The van der Waals surface area contributed by atoms with Crippen LogP contribution >= 0.6 is 0 Å². The standard InChI is InChI=1S/C27H22N4O4/c1-31-16-20(21-9-5-6-10-23(21)31)15-28-30-27(33)22(29-26(32)19-7-3-2-4-8-19)13-18-11-12-24-25(14-18)35-17-34-24/h2-16H,17H2,1H3,(H,29,32)(H,30,33). The van der Waals surface area contributed by atoms with E-state index in [-0.39, 0.29) is 12.5 Å². The van der Waals surface area contributed by atoms with Gasteiger partial charge in [0.15, 0.2) is 11.5 Å². The Morgan fingerprint density at radius 3 is 2.60 bits per heavy atom. The Morgan fingerprint density at radius 2 is 1.74 bits per heavy atom. The van der Waals surface area contributed by atoms with Gasteiger partial charge in [-0.3, -0.25) is 9.59 Å². The zero-order chi connectivity index (χ0) is 24.2. The van der Waals surface area contributed by atoms with Gasteiger partial charge in [-0.25, -0.2) is 5.43 Å². The Balaban J connectivity index is 1.39. The van der Waals surface area contributed by atoms with Gasteiger partial charge in [-0.2, -0.15) is 5.10 Å². The van der Waals surface area contributed by atoms with Crippen molar-refractivity contribution in [3.05, 3.63) is 101 Å². The van der Waals surface area contributed by atoms with Gasteiger partial charge in [-0.15, -0.1) is 0 Å². The van der Waals surface area contributed by atoms with Crippen molar-refractivity contribution >= 4 is 35.0 Å². The van der Waals surface area contributed by atoms with Crippen molar-refractivity contribution in [1.82, 2.24) is 15.3 Å². The molecule has 0 saturated carbocycles. The van der Waals surface area contributed by atoms with E-state index in [2.05, 4.69) is 15.8 Å². The van der Waals surface area contributed by atoms with Crippen molar-refractivity contribution in [2.24, 2.45) is 12.1 Å². The highest BCUT2D eigenvalue weighted by molar-refractivity contribution is 6.06. The lowest BCUT2D eigenvalue weighted by atomic mass is 10.1. The minimum atomic E-state index is -0.566. The first-order valence-electron chi connectivity index (χ1n) is 10.9. The molecule has 2 amide bonds. The van der Waals surface area contributed by atoms with E-state index in [4.69, 9.17) is 9.47 Å². The molecule has 2 heterocycles. The van der Waals surface area contributed by atoms with Crippen molar-refractivity contribution < 1.29 is 19.1 Å². The lowest BCUT2D eigenvalue weighted by Gasteiger charge is -2.09. The van der Waals surface area contributed by atoms with Crippen molar-refractivity contribution in [3.63, 3.8) is 0 Å². The van der Waals surface area contributed by atoms with Crippen LogP contribution in [-0.2, 0) is 11.8 Å². The molecule has 1 aliphatic rings. The zero-order valence-electron chi connectivity index (χ0n) is 18.9. The van der Waals surface area contributed by atoms with E-state index in [9.17, 15) is 9.59 Å². The predicted octanol–water partition coefficient (Wildman–Crippen LogP) is 3.83. The van der Waals surface area contributed by atoms with Crippen LogP contribution in [0.3, 0.4) is 0 Å². The number of nitrogens with zero attached hydrogens (tertiary/aromatic N) is 2. The van der Waals surface area contributed by atoms with Crippen LogP contribution in [0.5, 0.6) is 11.5 Å². The van der Waals surface area contributed by atoms with Gasteiger partial charge >= 0.3 is 0 Å². The summed E-state index contributed by atoms with van der Waals surface area (Å²) in [5.41, 5.74) is 5.55. The van der Waals surface area contributed by atoms with Gasteiger partial charge in [0.25, 0.3) is 11.8 Å². The number of ether oxygens (including phenoxy) is 2. The van der Waals surface area contributed by atoms with Crippen molar-refractivity contribution in [3.8, 4) is 11.5 Å². The second-order valence-electron chi connectivity index (χ2n) is 7.90. The minimum Gasteiger partial charge on any atom is -0.454 e. The van der Waals surface area contributed by atoms with Crippen molar-refractivity contribution in [2.75, 3.05) is 6.79 Å². The Labute approximate surface area is 201 Å². The summed E-state index contributed by atoms with van der Waals surface area (Å²) in [4.78, 5) is 25.8. The lowest BCUT2D eigenvalue weighted by Crippen LogP contribution is -2.32. The van der Waals surface area contributed by atoms with Crippen LogP contribution in [-0.4, -0.2) is 29.4 Å². The van der Waals surface area contributed by atoms with Crippen LogP contribution in [0.15, 0.2) is 89.8 Å². The number of carbonyl (C=O) groups excluding carboxylic acids is 2. The maximum absolute atomic E-state index is 13.0. The highest BCUT2D eigenvalue weighted by Gasteiger charge is 2.17. The molecule has 35 heavy (non-hydrogen) atoms. The Morgan fingerprint density at radius 1 is 0.971 bits per heavy atom. The van der Waals surface area contributed by atoms with Crippen LogP contribution in [0, 0.1) is 0 Å². The van der Waals surface area contributed by atoms with E-state index in [0.717, 1.165) is 16.5 Å². The molecule has 4 aromatic rings. The fraction of sp³-hybridized carbons (Fsp3) is 0.0741. The number of hydrogen-bond donors (Lipinski definition) is 2. The third-order valence-electron chi connectivity index (χ3n) is 5.53. The molecular formula is C27H22N4O4. The van der Waals surface area contributed by atoms with Gasteiger partial charge in [0.2, 0.25) is 6.79 Å². The molecule has 0 saturated heterocycles. The summed E-state index contributed by atoms with van der Waals surface area (Å²) >= 11 is 0. The summed E-state index contributed by atoms with van der Waals surface area (Å²) < 4.78 is 12.8. The maximum Gasteiger partial charge on any atom is 0.287 e. The number of hydrazone groups is 1. The topological polar surface area (TPSA) is 94.0 Å². The second kappa shape index (κ2) is 9.56. The SMILES string of the molecule is Cn1cc(C=NNC(=O)C(=Cc2ccc3c(c2)OCO3)NC(=O)c2ccccc2)c2ccccc21. The molecule has 0 radical (unpaired) electrons. The second-order valence-corrected chi connectivity index (χ2v) is 7.90. The van der Waals surface area contributed by atoms with Gasteiger partial charge in [-0.05, 0) is 42.0 Å². The molecule has 0 unspecified atom stereocenters. The number of aromatic nitrogens is 1. The number of hydrogen-bond acceptors (Lipinski definition) is 5. The molecule has 8 nitrogen and oxygen atoms in total. The molecule has 0 spiro atoms. The molecule has 5 rings (SSSR count). The van der Waals surface area contributed by atoms with Gasteiger partial charge < -0.3 is 19.4 Å². The van der Waals surface area contributed by atoms with Gasteiger partial charge in [0.1, 0.15) is 5.70 Å². The zero-order valence-corrected chi connectivity index (χ0v) is 18.9. The van der Waals surface area contributed by atoms with Crippen molar-refractivity contribution in [1.29, 1.82) is 0 Å². The average Bonchev–Trinajstić information content (AvgIpc) is 3.48. The van der Waals surface area contributed by atoms with Crippen LogP contribution in [0.4, 0.5) is 0 Å². The van der Waals surface area contributed by atoms with Crippen LogP contribution in [0.2, 0.25) is 0 Å². The molecule has 0 bridgehead atoms. The number of para-hydroxylation sites is 1. The van der Waals surface area contributed by atoms with E-state index in [1.165, 1.54) is 0 Å². The van der Waals surface area contributed by atoms with Gasteiger partial charge in [-0.1, -0.05) is 42.5 Å². The number of carbonyl (C=O) groups is 2. The average molecular weight is 466 g/mol. The fourth-order valence-electron chi connectivity index (χ4n) is 3.81. The summed E-state index contributed by atoms with van der Waals surface area (Å²) in [5, 5.41) is 7.84. The number of rotatable bonds is 6. The number of amides is 2. The van der Waals surface area contributed by atoms with E-state index < -0.39 is 11.8 Å². The van der Waals surface area contributed by atoms with E-state index in [1.54, 1.807) is 54.8 Å². The third kappa shape index (κ3) is 4.77. The highest BCUT2D eigenvalue weighted by atomic mass is 16.7. The molecule has 3 aromatic carbocycles. The van der Waals surface area contributed by atoms with E-state index in [0.29, 0.717) is 22.6 Å². The monoisotopic (exact) mass is 466 g/mol. The Kier molecular flexibility index (Phi) is 6.00. The van der Waals surface area contributed by atoms with Crippen LogP contribution in [0.1, 0.15) is 21.5 Å². The number of fused-ring (bicyclic) bond motifs is 2. The minimum absolute atomic E-state index is 0.0350.